The molecule has 0 atom stereocenters. The number of carbonyl (C=O) groups is 1. The summed E-state index contributed by atoms with van der Waals surface area (Å²) >= 11 is 0. The molecule has 0 fully saturated rings. The highest BCUT2D eigenvalue weighted by Crippen LogP contribution is 2.16. The second-order valence-corrected chi connectivity index (χ2v) is 5.76. The second kappa shape index (κ2) is 7.93. The molecule has 1 amide bonds. The van der Waals surface area contributed by atoms with Crippen LogP contribution in [0.2, 0.25) is 0 Å². The fraction of sp³-hybridized carbons (Fsp3) is 0.588. The topological polar surface area (TPSA) is 40.5 Å². The summed E-state index contributed by atoms with van der Waals surface area (Å²) in [5, 5.41) is 9.49. The van der Waals surface area contributed by atoms with E-state index in [-0.39, 0.29) is 11.7 Å². The Kier molecular flexibility index (Phi) is 6.56. The maximum atomic E-state index is 12.6. The molecular formula is C17H27NO2. The quantitative estimate of drug-likeness (QED) is 0.827. The standard InChI is InChI=1S/C17H27NO2/c1-5-15(6-2)18(12-13(3)4)17(20)11-14-8-7-9-16(19)10-14/h7-10,13,15,19H,5-6,11-12H2,1-4H3. The number of carbonyl (C=O) groups excluding carboxylic acids is 1. The number of amides is 1. The van der Waals surface area contributed by atoms with Crippen molar-refractivity contribution in [3.05, 3.63) is 29.8 Å². The highest BCUT2D eigenvalue weighted by molar-refractivity contribution is 5.79. The summed E-state index contributed by atoms with van der Waals surface area (Å²) in [5.41, 5.74) is 0.870. The Bertz CT molecular complexity index is 425. The Labute approximate surface area is 122 Å². The second-order valence-electron chi connectivity index (χ2n) is 5.76. The van der Waals surface area contributed by atoms with E-state index in [1.54, 1.807) is 18.2 Å². The molecule has 0 aliphatic heterocycles. The van der Waals surface area contributed by atoms with Gasteiger partial charge in [-0.3, -0.25) is 4.79 Å². The maximum absolute atomic E-state index is 12.6. The van der Waals surface area contributed by atoms with Crippen molar-refractivity contribution in [2.45, 2.75) is 53.0 Å². The van der Waals surface area contributed by atoms with Crippen molar-refractivity contribution < 1.29 is 9.90 Å². The summed E-state index contributed by atoms with van der Waals surface area (Å²) in [6, 6.07) is 7.26. The summed E-state index contributed by atoms with van der Waals surface area (Å²) in [4.78, 5) is 14.6. The van der Waals surface area contributed by atoms with Crippen LogP contribution in [0.3, 0.4) is 0 Å². The number of hydrogen-bond donors (Lipinski definition) is 1. The number of aromatic hydroxyl groups is 1. The highest BCUT2D eigenvalue weighted by Gasteiger charge is 2.22. The number of nitrogens with zero attached hydrogens (tertiary/aromatic N) is 1. The summed E-state index contributed by atoms with van der Waals surface area (Å²) in [5.74, 6) is 0.829. The van der Waals surface area contributed by atoms with Crippen LogP contribution >= 0.6 is 0 Å². The molecule has 1 N–H and O–H groups in total. The van der Waals surface area contributed by atoms with Crippen molar-refractivity contribution >= 4 is 5.91 Å². The van der Waals surface area contributed by atoms with Crippen LogP contribution in [0.1, 0.15) is 46.1 Å². The van der Waals surface area contributed by atoms with Crippen LogP contribution in [0.15, 0.2) is 24.3 Å². The minimum atomic E-state index is 0.151. The van der Waals surface area contributed by atoms with E-state index in [1.807, 2.05) is 11.0 Å². The van der Waals surface area contributed by atoms with Crippen LogP contribution in [-0.2, 0) is 11.2 Å². The van der Waals surface area contributed by atoms with E-state index in [0.717, 1.165) is 24.9 Å². The monoisotopic (exact) mass is 277 g/mol. The summed E-state index contributed by atoms with van der Waals surface area (Å²) in [6.45, 7) is 9.32. The zero-order valence-corrected chi connectivity index (χ0v) is 13.1. The third kappa shape index (κ3) is 4.87. The minimum Gasteiger partial charge on any atom is -0.508 e. The Morgan fingerprint density at radius 2 is 1.90 bits per heavy atom. The van der Waals surface area contributed by atoms with Gasteiger partial charge >= 0.3 is 0 Å². The molecule has 0 spiro atoms. The van der Waals surface area contributed by atoms with Gasteiger partial charge in [0, 0.05) is 12.6 Å². The van der Waals surface area contributed by atoms with E-state index >= 15 is 0 Å². The first-order chi connectivity index (χ1) is 9.47. The molecule has 1 rings (SSSR count). The molecule has 20 heavy (non-hydrogen) atoms. The van der Waals surface area contributed by atoms with Gasteiger partial charge in [-0.2, -0.15) is 0 Å². The van der Waals surface area contributed by atoms with Crippen molar-refractivity contribution in [1.82, 2.24) is 4.90 Å². The maximum Gasteiger partial charge on any atom is 0.227 e. The van der Waals surface area contributed by atoms with Gasteiger partial charge in [0.2, 0.25) is 5.91 Å². The van der Waals surface area contributed by atoms with Crippen LogP contribution in [0, 0.1) is 5.92 Å². The molecular weight excluding hydrogens is 250 g/mol. The number of benzene rings is 1. The summed E-state index contributed by atoms with van der Waals surface area (Å²) in [7, 11) is 0. The fourth-order valence-corrected chi connectivity index (χ4v) is 2.52. The average molecular weight is 277 g/mol. The molecule has 0 radical (unpaired) electrons. The lowest BCUT2D eigenvalue weighted by Gasteiger charge is -2.32. The summed E-state index contributed by atoms with van der Waals surface area (Å²) in [6.07, 6.45) is 2.32. The summed E-state index contributed by atoms with van der Waals surface area (Å²) < 4.78 is 0. The number of phenolic OH excluding ortho intramolecular Hbond substituents is 1. The minimum absolute atomic E-state index is 0.151. The van der Waals surface area contributed by atoms with Gasteiger partial charge < -0.3 is 10.0 Å². The van der Waals surface area contributed by atoms with E-state index in [1.165, 1.54) is 0 Å². The lowest BCUT2D eigenvalue weighted by Crippen LogP contribution is -2.42. The molecule has 0 heterocycles. The average Bonchev–Trinajstić information content (AvgIpc) is 2.38. The molecule has 3 nitrogen and oxygen atoms in total. The van der Waals surface area contributed by atoms with Gasteiger partial charge in [-0.05, 0) is 36.5 Å². The van der Waals surface area contributed by atoms with E-state index in [4.69, 9.17) is 0 Å². The van der Waals surface area contributed by atoms with Crippen molar-refractivity contribution in [3.63, 3.8) is 0 Å². The highest BCUT2D eigenvalue weighted by atomic mass is 16.3. The first kappa shape index (κ1) is 16.5. The van der Waals surface area contributed by atoms with Crippen molar-refractivity contribution in [1.29, 1.82) is 0 Å². The van der Waals surface area contributed by atoms with E-state index < -0.39 is 0 Å². The smallest absolute Gasteiger partial charge is 0.227 e. The van der Waals surface area contributed by atoms with Crippen LogP contribution < -0.4 is 0 Å². The van der Waals surface area contributed by atoms with Crippen LogP contribution in [0.5, 0.6) is 5.75 Å². The lowest BCUT2D eigenvalue weighted by molar-refractivity contribution is -0.133. The first-order valence-corrected chi connectivity index (χ1v) is 7.55. The zero-order chi connectivity index (χ0) is 15.1. The fourth-order valence-electron chi connectivity index (χ4n) is 2.52. The van der Waals surface area contributed by atoms with E-state index in [2.05, 4.69) is 27.7 Å². The zero-order valence-electron chi connectivity index (χ0n) is 13.1. The van der Waals surface area contributed by atoms with Gasteiger partial charge in [-0.1, -0.05) is 39.8 Å². The lowest BCUT2D eigenvalue weighted by atomic mass is 10.0. The van der Waals surface area contributed by atoms with Crippen LogP contribution in [0.4, 0.5) is 0 Å². The predicted octanol–water partition coefficient (Wildman–Crippen LogP) is 3.61. The molecule has 3 heteroatoms. The molecule has 0 unspecified atom stereocenters. The molecule has 112 valence electrons. The van der Waals surface area contributed by atoms with E-state index in [9.17, 15) is 9.90 Å². The molecule has 0 aliphatic rings. The predicted molar refractivity (Wildman–Crippen MR) is 82.7 cm³/mol. The van der Waals surface area contributed by atoms with Gasteiger partial charge in [0.15, 0.2) is 0 Å². The third-order valence-electron chi connectivity index (χ3n) is 3.53. The first-order valence-electron chi connectivity index (χ1n) is 7.55. The molecule has 1 aromatic carbocycles. The van der Waals surface area contributed by atoms with Gasteiger partial charge in [0.25, 0.3) is 0 Å². The van der Waals surface area contributed by atoms with Gasteiger partial charge in [-0.25, -0.2) is 0 Å². The van der Waals surface area contributed by atoms with Crippen molar-refractivity contribution in [3.8, 4) is 5.75 Å². The number of rotatable bonds is 7. The molecule has 0 saturated carbocycles. The van der Waals surface area contributed by atoms with Crippen LogP contribution in [-0.4, -0.2) is 28.5 Å². The van der Waals surface area contributed by atoms with Gasteiger partial charge in [-0.15, -0.1) is 0 Å². The number of hydrogen-bond acceptors (Lipinski definition) is 2. The largest absolute Gasteiger partial charge is 0.508 e. The Hall–Kier alpha value is -1.51. The molecule has 0 aromatic heterocycles. The Balaban J connectivity index is 2.82. The third-order valence-corrected chi connectivity index (χ3v) is 3.53. The van der Waals surface area contributed by atoms with Gasteiger partial charge in [0.05, 0.1) is 6.42 Å². The molecule has 0 saturated heterocycles. The molecule has 0 aliphatic carbocycles. The van der Waals surface area contributed by atoms with Crippen molar-refractivity contribution in [2.24, 2.45) is 5.92 Å². The van der Waals surface area contributed by atoms with E-state index in [0.29, 0.717) is 18.4 Å². The normalized spacial score (nSPS) is 11.1. The Morgan fingerprint density at radius 1 is 1.25 bits per heavy atom. The Morgan fingerprint density at radius 3 is 2.40 bits per heavy atom. The SMILES string of the molecule is CCC(CC)N(CC(C)C)C(=O)Cc1cccc(O)c1. The van der Waals surface area contributed by atoms with Crippen molar-refractivity contribution in [2.75, 3.05) is 6.54 Å². The van der Waals surface area contributed by atoms with Crippen LogP contribution in [0.25, 0.3) is 0 Å². The molecule has 0 bridgehead atoms. The number of phenols is 1. The van der Waals surface area contributed by atoms with Gasteiger partial charge in [0.1, 0.15) is 5.75 Å². The molecule has 1 aromatic rings.